The van der Waals surface area contributed by atoms with Gasteiger partial charge in [0.1, 0.15) is 5.69 Å². The van der Waals surface area contributed by atoms with Crippen molar-refractivity contribution in [1.82, 2.24) is 19.9 Å². The number of benzene rings is 1. The van der Waals surface area contributed by atoms with Crippen LogP contribution in [0.3, 0.4) is 0 Å². The first-order valence-corrected chi connectivity index (χ1v) is 7.64. The standard InChI is InChI=1S/C17H19N5/c1-21-8-10-22(11-9-21)13-5-6-14-16(12-13)20-17(19-14)15-4-2-3-7-18-15/h2-7,12H,8-11H2,1H3,(H,19,20). The lowest BCUT2D eigenvalue weighted by Gasteiger charge is -2.34. The second-order valence-electron chi connectivity index (χ2n) is 5.79. The SMILES string of the molecule is CN1CCN(c2ccc3nc(-c4ccccn4)[nH]c3c2)CC1. The van der Waals surface area contributed by atoms with Gasteiger partial charge in [-0.1, -0.05) is 6.07 Å². The second-order valence-corrected chi connectivity index (χ2v) is 5.79. The van der Waals surface area contributed by atoms with Crippen molar-refractivity contribution in [3.8, 4) is 11.5 Å². The van der Waals surface area contributed by atoms with E-state index in [2.05, 4.69) is 50.0 Å². The number of imidazole rings is 1. The summed E-state index contributed by atoms with van der Waals surface area (Å²) in [4.78, 5) is 17.2. The maximum Gasteiger partial charge on any atom is 0.157 e. The Morgan fingerprint density at radius 3 is 2.68 bits per heavy atom. The van der Waals surface area contributed by atoms with Gasteiger partial charge in [-0.3, -0.25) is 4.98 Å². The minimum absolute atomic E-state index is 0.825. The number of hydrogen-bond acceptors (Lipinski definition) is 4. The molecule has 3 aromatic rings. The summed E-state index contributed by atoms with van der Waals surface area (Å²) >= 11 is 0. The molecular weight excluding hydrogens is 274 g/mol. The first-order chi connectivity index (χ1) is 10.8. The number of piperazine rings is 1. The maximum atomic E-state index is 4.64. The van der Waals surface area contributed by atoms with Gasteiger partial charge in [-0.05, 0) is 37.4 Å². The highest BCUT2D eigenvalue weighted by atomic mass is 15.2. The third-order valence-electron chi connectivity index (χ3n) is 4.24. The van der Waals surface area contributed by atoms with Gasteiger partial charge in [0.05, 0.1) is 11.0 Å². The molecule has 1 aliphatic rings. The predicted octanol–water partition coefficient (Wildman–Crippen LogP) is 2.38. The Kier molecular flexibility index (Phi) is 3.27. The topological polar surface area (TPSA) is 48.1 Å². The molecule has 0 saturated carbocycles. The van der Waals surface area contributed by atoms with Crippen molar-refractivity contribution in [3.63, 3.8) is 0 Å². The van der Waals surface area contributed by atoms with E-state index < -0.39 is 0 Å². The van der Waals surface area contributed by atoms with Crippen LogP contribution >= 0.6 is 0 Å². The smallest absolute Gasteiger partial charge is 0.157 e. The minimum Gasteiger partial charge on any atom is -0.369 e. The van der Waals surface area contributed by atoms with E-state index in [1.807, 2.05) is 18.2 Å². The normalized spacial score (nSPS) is 16.3. The molecule has 1 aromatic carbocycles. The Labute approximate surface area is 129 Å². The fourth-order valence-electron chi connectivity index (χ4n) is 2.88. The molecule has 1 saturated heterocycles. The van der Waals surface area contributed by atoms with E-state index >= 15 is 0 Å². The lowest BCUT2D eigenvalue weighted by atomic mass is 10.2. The van der Waals surface area contributed by atoms with Gasteiger partial charge in [-0.25, -0.2) is 4.98 Å². The van der Waals surface area contributed by atoms with Gasteiger partial charge < -0.3 is 14.8 Å². The van der Waals surface area contributed by atoms with Gasteiger partial charge in [0.2, 0.25) is 0 Å². The van der Waals surface area contributed by atoms with Crippen molar-refractivity contribution in [3.05, 3.63) is 42.6 Å². The Hall–Kier alpha value is -2.40. The van der Waals surface area contributed by atoms with Crippen LogP contribution in [0.1, 0.15) is 0 Å². The zero-order chi connectivity index (χ0) is 14.9. The molecule has 0 spiro atoms. The molecule has 1 fully saturated rings. The number of anilines is 1. The van der Waals surface area contributed by atoms with E-state index in [1.165, 1.54) is 5.69 Å². The van der Waals surface area contributed by atoms with Crippen molar-refractivity contribution >= 4 is 16.7 Å². The number of hydrogen-bond donors (Lipinski definition) is 1. The number of fused-ring (bicyclic) bond motifs is 1. The second kappa shape index (κ2) is 5.42. The fraction of sp³-hybridized carbons (Fsp3) is 0.294. The fourth-order valence-corrected chi connectivity index (χ4v) is 2.88. The summed E-state index contributed by atoms with van der Waals surface area (Å²) < 4.78 is 0. The van der Waals surface area contributed by atoms with Crippen LogP contribution in [-0.2, 0) is 0 Å². The van der Waals surface area contributed by atoms with E-state index in [1.54, 1.807) is 6.20 Å². The highest BCUT2D eigenvalue weighted by molar-refractivity contribution is 5.82. The highest BCUT2D eigenvalue weighted by Crippen LogP contribution is 2.24. The number of likely N-dealkylation sites (N-methyl/N-ethyl adjacent to an activating group) is 1. The molecule has 0 bridgehead atoms. The largest absolute Gasteiger partial charge is 0.369 e. The molecule has 3 heterocycles. The van der Waals surface area contributed by atoms with Gasteiger partial charge >= 0.3 is 0 Å². The first-order valence-electron chi connectivity index (χ1n) is 7.64. The molecule has 0 atom stereocenters. The van der Waals surface area contributed by atoms with Crippen molar-refractivity contribution in [1.29, 1.82) is 0 Å². The maximum absolute atomic E-state index is 4.64. The summed E-state index contributed by atoms with van der Waals surface area (Å²) in [5.74, 6) is 0.825. The number of pyridine rings is 1. The molecule has 1 aliphatic heterocycles. The van der Waals surface area contributed by atoms with Crippen LogP contribution in [0.4, 0.5) is 5.69 Å². The lowest BCUT2D eigenvalue weighted by molar-refractivity contribution is 0.313. The van der Waals surface area contributed by atoms with Gasteiger partial charge in [0.25, 0.3) is 0 Å². The number of rotatable bonds is 2. The van der Waals surface area contributed by atoms with Crippen LogP contribution in [-0.4, -0.2) is 53.1 Å². The van der Waals surface area contributed by atoms with Crippen LogP contribution in [0.2, 0.25) is 0 Å². The number of H-pyrrole nitrogens is 1. The average Bonchev–Trinajstić information content (AvgIpc) is 2.99. The molecule has 5 nitrogen and oxygen atoms in total. The Morgan fingerprint density at radius 1 is 1.05 bits per heavy atom. The van der Waals surface area contributed by atoms with Gasteiger partial charge in [0, 0.05) is 38.1 Å². The molecule has 5 heteroatoms. The van der Waals surface area contributed by atoms with Crippen molar-refractivity contribution < 1.29 is 0 Å². The van der Waals surface area contributed by atoms with Crippen molar-refractivity contribution in [2.24, 2.45) is 0 Å². The van der Waals surface area contributed by atoms with Crippen molar-refractivity contribution in [2.45, 2.75) is 0 Å². The average molecular weight is 293 g/mol. The summed E-state index contributed by atoms with van der Waals surface area (Å²) in [5, 5.41) is 0. The van der Waals surface area contributed by atoms with E-state index in [0.29, 0.717) is 0 Å². The summed E-state index contributed by atoms with van der Waals surface area (Å²) in [6.45, 7) is 4.37. The molecular formula is C17H19N5. The molecule has 2 aromatic heterocycles. The molecule has 0 radical (unpaired) electrons. The third kappa shape index (κ3) is 2.44. The van der Waals surface area contributed by atoms with E-state index in [0.717, 1.165) is 48.7 Å². The van der Waals surface area contributed by atoms with E-state index in [-0.39, 0.29) is 0 Å². The van der Waals surface area contributed by atoms with Crippen LogP contribution in [0, 0.1) is 0 Å². The van der Waals surface area contributed by atoms with E-state index in [4.69, 9.17) is 0 Å². The Morgan fingerprint density at radius 2 is 1.91 bits per heavy atom. The number of nitrogens with zero attached hydrogens (tertiary/aromatic N) is 4. The molecule has 0 amide bonds. The number of nitrogens with one attached hydrogen (secondary N) is 1. The zero-order valence-corrected chi connectivity index (χ0v) is 12.7. The van der Waals surface area contributed by atoms with Crippen LogP contribution in [0.25, 0.3) is 22.6 Å². The van der Waals surface area contributed by atoms with Gasteiger partial charge in [-0.2, -0.15) is 0 Å². The molecule has 0 aliphatic carbocycles. The Balaban J connectivity index is 1.66. The molecule has 4 rings (SSSR count). The molecule has 22 heavy (non-hydrogen) atoms. The van der Waals surface area contributed by atoms with Gasteiger partial charge in [0.15, 0.2) is 5.82 Å². The highest BCUT2D eigenvalue weighted by Gasteiger charge is 2.15. The van der Waals surface area contributed by atoms with Crippen LogP contribution in [0.5, 0.6) is 0 Å². The summed E-state index contributed by atoms with van der Waals surface area (Å²) in [5.41, 5.74) is 4.19. The molecule has 0 unspecified atom stereocenters. The number of aromatic amines is 1. The quantitative estimate of drug-likeness (QED) is 0.788. The monoisotopic (exact) mass is 293 g/mol. The van der Waals surface area contributed by atoms with Gasteiger partial charge in [-0.15, -0.1) is 0 Å². The predicted molar refractivity (Wildman–Crippen MR) is 89.0 cm³/mol. The van der Waals surface area contributed by atoms with Crippen LogP contribution < -0.4 is 4.90 Å². The minimum atomic E-state index is 0.825. The summed E-state index contributed by atoms with van der Waals surface area (Å²) in [6.07, 6.45) is 1.79. The Bertz CT molecular complexity index is 772. The van der Waals surface area contributed by atoms with E-state index in [9.17, 15) is 0 Å². The molecule has 112 valence electrons. The lowest BCUT2D eigenvalue weighted by Crippen LogP contribution is -2.44. The van der Waals surface area contributed by atoms with Crippen LogP contribution in [0.15, 0.2) is 42.6 Å². The zero-order valence-electron chi connectivity index (χ0n) is 12.7. The first kappa shape index (κ1) is 13.3. The summed E-state index contributed by atoms with van der Waals surface area (Å²) in [7, 11) is 2.18. The molecule has 1 N–H and O–H groups in total. The van der Waals surface area contributed by atoms with Crippen molar-refractivity contribution in [2.75, 3.05) is 38.1 Å². The number of aromatic nitrogens is 3. The summed E-state index contributed by atoms with van der Waals surface area (Å²) in [6, 6.07) is 12.3. The third-order valence-corrected chi connectivity index (χ3v) is 4.24.